The third-order valence-electron chi connectivity index (χ3n) is 2.89. The summed E-state index contributed by atoms with van der Waals surface area (Å²) in [6.07, 6.45) is 2.76. The van der Waals surface area contributed by atoms with Crippen molar-refractivity contribution in [1.82, 2.24) is 19.8 Å². The number of aryl methyl sites for hydroxylation is 1. The maximum absolute atomic E-state index is 12.0. The molecule has 0 aliphatic carbocycles. The Kier molecular flexibility index (Phi) is 2.93. The van der Waals surface area contributed by atoms with Gasteiger partial charge in [-0.3, -0.25) is 4.79 Å². The molecule has 16 heavy (non-hydrogen) atoms. The molecule has 6 nitrogen and oxygen atoms in total. The highest BCUT2D eigenvalue weighted by Gasteiger charge is 2.32. The van der Waals surface area contributed by atoms with Crippen LogP contribution in [0, 0.1) is 0 Å². The smallest absolute Gasteiger partial charge is 0.274 e. The summed E-state index contributed by atoms with van der Waals surface area (Å²) in [5, 5.41) is 12.7. The first-order chi connectivity index (χ1) is 7.59. The third-order valence-corrected chi connectivity index (χ3v) is 2.89. The van der Waals surface area contributed by atoms with Crippen molar-refractivity contribution < 1.29 is 9.90 Å². The van der Waals surface area contributed by atoms with Gasteiger partial charge in [0.05, 0.1) is 18.5 Å². The van der Waals surface area contributed by atoms with Gasteiger partial charge in [-0.15, -0.1) is 0 Å². The van der Waals surface area contributed by atoms with Crippen molar-refractivity contribution in [1.29, 1.82) is 0 Å². The van der Waals surface area contributed by atoms with Crippen molar-refractivity contribution in [3.63, 3.8) is 0 Å². The molecule has 0 aromatic carbocycles. The van der Waals surface area contributed by atoms with E-state index in [-0.39, 0.29) is 11.9 Å². The van der Waals surface area contributed by atoms with Crippen molar-refractivity contribution in [2.45, 2.75) is 12.1 Å². The highest BCUT2D eigenvalue weighted by Crippen LogP contribution is 2.10. The number of carbonyl (C=O) groups excluding carboxylic acids is 1. The number of rotatable bonds is 2. The molecule has 2 atom stereocenters. The number of aliphatic hydroxyl groups is 1. The van der Waals surface area contributed by atoms with Crippen LogP contribution in [0.5, 0.6) is 0 Å². The standard InChI is InChI=1S/C10H16N4O2/c1-13-5-7(12-6-13)10(16)14(2)8-3-11-4-9(8)15/h5-6,8-9,11,15H,3-4H2,1-2H3/t8-,9-/m1/s1. The summed E-state index contributed by atoms with van der Waals surface area (Å²) in [6, 6.07) is -0.172. The molecule has 1 aliphatic heterocycles. The Balaban J connectivity index is 2.10. The molecule has 1 aromatic heterocycles. The van der Waals surface area contributed by atoms with E-state index in [4.69, 9.17) is 0 Å². The molecule has 88 valence electrons. The molecule has 6 heteroatoms. The van der Waals surface area contributed by atoms with E-state index in [1.807, 2.05) is 7.05 Å². The van der Waals surface area contributed by atoms with Crippen LogP contribution < -0.4 is 5.32 Å². The predicted octanol–water partition coefficient (Wildman–Crippen LogP) is -1.18. The molecule has 2 heterocycles. The first-order valence-electron chi connectivity index (χ1n) is 5.23. The number of aliphatic hydroxyl groups excluding tert-OH is 1. The minimum absolute atomic E-state index is 0.159. The number of aromatic nitrogens is 2. The molecule has 1 fully saturated rings. The molecule has 0 unspecified atom stereocenters. The summed E-state index contributed by atoms with van der Waals surface area (Å²) in [7, 11) is 3.51. The largest absolute Gasteiger partial charge is 0.390 e. The zero-order valence-electron chi connectivity index (χ0n) is 9.42. The normalized spacial score (nSPS) is 24.7. The highest BCUT2D eigenvalue weighted by molar-refractivity contribution is 5.92. The molecule has 0 spiro atoms. The predicted molar refractivity (Wildman–Crippen MR) is 58.0 cm³/mol. The van der Waals surface area contributed by atoms with Gasteiger partial charge in [0.2, 0.25) is 0 Å². The van der Waals surface area contributed by atoms with Crippen LogP contribution in [0.2, 0.25) is 0 Å². The second kappa shape index (κ2) is 4.23. The summed E-state index contributed by atoms with van der Waals surface area (Å²) >= 11 is 0. The van der Waals surface area contributed by atoms with E-state index in [1.165, 1.54) is 0 Å². The minimum atomic E-state index is -0.502. The van der Waals surface area contributed by atoms with Gasteiger partial charge in [-0.25, -0.2) is 4.98 Å². The average Bonchev–Trinajstić information content (AvgIpc) is 2.85. The molecule has 1 amide bonds. The lowest BCUT2D eigenvalue weighted by atomic mass is 10.2. The molecule has 2 N–H and O–H groups in total. The Labute approximate surface area is 93.9 Å². The van der Waals surface area contributed by atoms with E-state index < -0.39 is 6.10 Å². The van der Waals surface area contributed by atoms with Crippen LogP contribution in [0.15, 0.2) is 12.5 Å². The highest BCUT2D eigenvalue weighted by atomic mass is 16.3. The van der Waals surface area contributed by atoms with Gasteiger partial charge in [0.15, 0.2) is 0 Å². The van der Waals surface area contributed by atoms with E-state index in [0.29, 0.717) is 18.8 Å². The number of carbonyl (C=O) groups is 1. The second-order valence-electron chi connectivity index (χ2n) is 4.13. The Morgan fingerprint density at radius 2 is 2.44 bits per heavy atom. The fourth-order valence-corrected chi connectivity index (χ4v) is 1.90. The van der Waals surface area contributed by atoms with Crippen LogP contribution >= 0.6 is 0 Å². The van der Waals surface area contributed by atoms with Crippen LogP contribution in [-0.2, 0) is 7.05 Å². The first-order valence-corrected chi connectivity index (χ1v) is 5.23. The van der Waals surface area contributed by atoms with Gasteiger partial charge in [0, 0.05) is 33.4 Å². The quantitative estimate of drug-likeness (QED) is 0.664. The summed E-state index contributed by atoms with van der Waals surface area (Å²) in [5.74, 6) is -0.159. The zero-order chi connectivity index (χ0) is 11.7. The van der Waals surface area contributed by atoms with Crippen molar-refractivity contribution in [3.8, 4) is 0 Å². The van der Waals surface area contributed by atoms with Crippen molar-refractivity contribution >= 4 is 5.91 Å². The van der Waals surface area contributed by atoms with Crippen LogP contribution in [0.3, 0.4) is 0 Å². The van der Waals surface area contributed by atoms with Gasteiger partial charge in [-0.2, -0.15) is 0 Å². The van der Waals surface area contributed by atoms with Crippen molar-refractivity contribution in [2.24, 2.45) is 7.05 Å². The Hall–Kier alpha value is -1.40. The average molecular weight is 224 g/mol. The lowest BCUT2D eigenvalue weighted by Crippen LogP contribution is -2.44. The maximum Gasteiger partial charge on any atom is 0.274 e. The molecule has 0 bridgehead atoms. The van der Waals surface area contributed by atoms with Gasteiger partial charge < -0.3 is 19.9 Å². The van der Waals surface area contributed by atoms with Crippen molar-refractivity contribution in [2.75, 3.05) is 20.1 Å². The van der Waals surface area contributed by atoms with Gasteiger partial charge >= 0.3 is 0 Å². The fraction of sp³-hybridized carbons (Fsp3) is 0.600. The topological polar surface area (TPSA) is 70.4 Å². The number of nitrogens with zero attached hydrogens (tertiary/aromatic N) is 3. The van der Waals surface area contributed by atoms with Gasteiger partial charge in [-0.05, 0) is 0 Å². The van der Waals surface area contributed by atoms with Gasteiger partial charge in [0.1, 0.15) is 5.69 Å². The maximum atomic E-state index is 12.0. The third kappa shape index (κ3) is 1.94. The summed E-state index contributed by atoms with van der Waals surface area (Å²) in [5.41, 5.74) is 0.407. The molecule has 0 saturated carbocycles. The Morgan fingerprint density at radius 3 is 2.94 bits per heavy atom. The van der Waals surface area contributed by atoms with Crippen LogP contribution in [0.25, 0.3) is 0 Å². The Bertz CT molecular complexity index is 390. The number of β-amino-alcohol motifs (C(OH)–C–C–N with tert-alkyl or cyclic N) is 1. The summed E-state index contributed by atoms with van der Waals surface area (Å²) in [6.45, 7) is 1.15. The lowest BCUT2D eigenvalue weighted by Gasteiger charge is -2.25. The lowest BCUT2D eigenvalue weighted by molar-refractivity contribution is 0.0576. The molecule has 1 saturated heterocycles. The molecule has 1 aliphatic rings. The summed E-state index contributed by atoms with van der Waals surface area (Å²) < 4.78 is 1.73. The van der Waals surface area contributed by atoms with E-state index >= 15 is 0 Å². The number of hydrogen-bond acceptors (Lipinski definition) is 4. The van der Waals surface area contributed by atoms with Gasteiger partial charge in [0.25, 0.3) is 5.91 Å². The summed E-state index contributed by atoms with van der Waals surface area (Å²) in [4.78, 5) is 17.6. The number of nitrogens with one attached hydrogen (secondary N) is 1. The van der Waals surface area contributed by atoms with E-state index in [2.05, 4.69) is 10.3 Å². The number of amides is 1. The monoisotopic (exact) mass is 224 g/mol. The van der Waals surface area contributed by atoms with E-state index in [9.17, 15) is 9.90 Å². The van der Waals surface area contributed by atoms with Crippen molar-refractivity contribution in [3.05, 3.63) is 18.2 Å². The molecular formula is C10H16N4O2. The van der Waals surface area contributed by atoms with E-state index in [0.717, 1.165) is 0 Å². The molecule has 1 aromatic rings. The molecular weight excluding hydrogens is 208 g/mol. The Morgan fingerprint density at radius 1 is 1.69 bits per heavy atom. The number of imidazole rings is 1. The fourth-order valence-electron chi connectivity index (χ4n) is 1.90. The minimum Gasteiger partial charge on any atom is -0.390 e. The SMILES string of the molecule is CN(C(=O)c1cn(C)cn1)[C@@H]1CNC[C@H]1O. The zero-order valence-corrected chi connectivity index (χ0v) is 9.42. The van der Waals surface area contributed by atoms with Crippen LogP contribution in [0.4, 0.5) is 0 Å². The molecule has 0 radical (unpaired) electrons. The molecule has 2 rings (SSSR count). The van der Waals surface area contributed by atoms with Crippen LogP contribution in [-0.4, -0.2) is 57.7 Å². The number of likely N-dealkylation sites (N-methyl/N-ethyl adjacent to an activating group) is 1. The number of hydrogen-bond donors (Lipinski definition) is 2. The first kappa shape index (κ1) is 11.1. The second-order valence-corrected chi connectivity index (χ2v) is 4.13. The van der Waals surface area contributed by atoms with Gasteiger partial charge in [-0.1, -0.05) is 0 Å². The van der Waals surface area contributed by atoms with E-state index in [1.54, 1.807) is 29.0 Å². The van der Waals surface area contributed by atoms with Crippen LogP contribution in [0.1, 0.15) is 10.5 Å².